The fourth-order valence-electron chi connectivity index (χ4n) is 1.54. The van der Waals surface area contributed by atoms with Gasteiger partial charge < -0.3 is 4.74 Å². The second-order valence-electron chi connectivity index (χ2n) is 3.96. The van der Waals surface area contributed by atoms with E-state index in [1.54, 1.807) is 0 Å². The lowest BCUT2D eigenvalue weighted by Gasteiger charge is -2.08. The quantitative estimate of drug-likeness (QED) is 0.735. The lowest BCUT2D eigenvalue weighted by atomic mass is 10.1. The van der Waals surface area contributed by atoms with E-state index in [9.17, 15) is 17.6 Å². The Balaban J connectivity index is 2.20. The molecule has 2 nitrogen and oxygen atoms in total. The van der Waals surface area contributed by atoms with Crippen LogP contribution in [0.15, 0.2) is 42.7 Å². The number of aromatic nitrogens is 1. The van der Waals surface area contributed by atoms with Gasteiger partial charge in [0.05, 0.1) is 5.02 Å². The van der Waals surface area contributed by atoms with Crippen molar-refractivity contribution in [2.24, 2.45) is 0 Å². The predicted molar refractivity (Wildman–Crippen MR) is 71.4 cm³/mol. The van der Waals surface area contributed by atoms with E-state index in [-0.39, 0.29) is 10.6 Å². The zero-order valence-electron chi connectivity index (χ0n) is 10.4. The maximum absolute atomic E-state index is 14.0. The summed E-state index contributed by atoms with van der Waals surface area (Å²) in [5, 5.41) is 0.268. The summed E-state index contributed by atoms with van der Waals surface area (Å²) in [6.07, 6.45) is -0.795. The normalized spacial score (nSPS) is 12.3. The third-order valence-corrected chi connectivity index (χ3v) is 2.77. The molecule has 0 radical (unpaired) electrons. The maximum Gasteiger partial charge on any atom is 0.573 e. The van der Waals surface area contributed by atoms with Gasteiger partial charge in [0.2, 0.25) is 0 Å². The van der Waals surface area contributed by atoms with Crippen LogP contribution in [0.25, 0.3) is 11.9 Å². The Kier molecular flexibility index (Phi) is 4.47. The summed E-state index contributed by atoms with van der Waals surface area (Å²) < 4.78 is 53.7. The third kappa shape index (κ3) is 4.46. The van der Waals surface area contributed by atoms with Crippen LogP contribution in [0.4, 0.5) is 17.6 Å². The molecule has 21 heavy (non-hydrogen) atoms. The summed E-state index contributed by atoms with van der Waals surface area (Å²) in [6.45, 7) is 0. The molecular formula is C14H8ClF4NO. The average molecular weight is 318 g/mol. The highest BCUT2D eigenvalue weighted by molar-refractivity contribution is 6.32. The van der Waals surface area contributed by atoms with Crippen LogP contribution in [-0.4, -0.2) is 11.3 Å². The number of pyridine rings is 1. The van der Waals surface area contributed by atoms with Gasteiger partial charge in [0, 0.05) is 18.0 Å². The van der Waals surface area contributed by atoms with Crippen molar-refractivity contribution in [2.75, 3.05) is 0 Å². The van der Waals surface area contributed by atoms with E-state index in [0.29, 0.717) is 5.56 Å². The van der Waals surface area contributed by atoms with E-state index in [2.05, 4.69) is 9.72 Å². The molecular weight excluding hydrogens is 310 g/mol. The van der Waals surface area contributed by atoms with E-state index >= 15 is 0 Å². The molecule has 1 aromatic heterocycles. The average Bonchev–Trinajstić information content (AvgIpc) is 2.40. The highest BCUT2D eigenvalue weighted by Crippen LogP contribution is 2.27. The third-order valence-electron chi connectivity index (χ3n) is 2.45. The van der Waals surface area contributed by atoms with Crippen LogP contribution in [0.3, 0.4) is 0 Å². The largest absolute Gasteiger partial charge is 0.573 e. The molecule has 0 saturated carbocycles. The number of rotatable bonds is 3. The van der Waals surface area contributed by atoms with Crippen LogP contribution in [0.5, 0.6) is 5.75 Å². The summed E-state index contributed by atoms with van der Waals surface area (Å²) >= 11 is 5.83. The Labute approximate surface area is 122 Å². The maximum atomic E-state index is 14.0. The van der Waals surface area contributed by atoms with Gasteiger partial charge in [-0.2, -0.15) is 0 Å². The second kappa shape index (κ2) is 6.13. The minimum atomic E-state index is -4.78. The molecule has 0 amide bonds. The Morgan fingerprint density at radius 2 is 1.81 bits per heavy atom. The van der Waals surface area contributed by atoms with Crippen LogP contribution in [0.1, 0.15) is 11.1 Å². The Morgan fingerprint density at radius 1 is 1.14 bits per heavy atom. The van der Waals surface area contributed by atoms with Crippen molar-refractivity contribution in [3.63, 3.8) is 0 Å². The molecule has 0 fully saturated rings. The number of halogens is 5. The van der Waals surface area contributed by atoms with Crippen LogP contribution in [0.2, 0.25) is 5.02 Å². The standard InChI is InChI=1S/C14H8ClF4NO/c15-12-8-20-6-5-10(12)7-13(16)9-1-3-11(4-2-9)21-14(17,18)19/h1-8H/b13-7-. The van der Waals surface area contributed by atoms with E-state index in [1.165, 1.54) is 36.7 Å². The fourth-order valence-corrected chi connectivity index (χ4v) is 1.71. The van der Waals surface area contributed by atoms with Gasteiger partial charge in [0.15, 0.2) is 0 Å². The van der Waals surface area contributed by atoms with Crippen LogP contribution >= 0.6 is 11.6 Å². The molecule has 110 valence electrons. The molecule has 0 bridgehead atoms. The molecule has 0 aliphatic rings. The zero-order chi connectivity index (χ0) is 15.5. The first-order chi connectivity index (χ1) is 9.85. The second-order valence-corrected chi connectivity index (χ2v) is 4.37. The van der Waals surface area contributed by atoms with Gasteiger partial charge in [-0.15, -0.1) is 13.2 Å². The number of ether oxygens (including phenoxy) is 1. The van der Waals surface area contributed by atoms with Crippen molar-refractivity contribution in [2.45, 2.75) is 6.36 Å². The molecule has 2 aromatic rings. The van der Waals surface area contributed by atoms with Gasteiger partial charge in [-0.05, 0) is 42.0 Å². The van der Waals surface area contributed by atoms with Crippen molar-refractivity contribution < 1.29 is 22.3 Å². The van der Waals surface area contributed by atoms with Gasteiger partial charge in [-0.1, -0.05) is 11.6 Å². The molecule has 2 rings (SSSR count). The van der Waals surface area contributed by atoms with Crippen LogP contribution < -0.4 is 4.74 Å². The molecule has 7 heteroatoms. The Bertz CT molecular complexity index is 653. The number of hydrogen-bond donors (Lipinski definition) is 0. The first-order valence-electron chi connectivity index (χ1n) is 5.68. The van der Waals surface area contributed by atoms with Crippen molar-refractivity contribution in [1.29, 1.82) is 0 Å². The summed E-state index contributed by atoms with van der Waals surface area (Å²) in [4.78, 5) is 3.76. The topological polar surface area (TPSA) is 22.1 Å². The van der Waals surface area contributed by atoms with Gasteiger partial charge in [-0.25, -0.2) is 4.39 Å². The van der Waals surface area contributed by atoms with E-state index in [4.69, 9.17) is 11.6 Å². The first-order valence-corrected chi connectivity index (χ1v) is 6.06. The first kappa shape index (κ1) is 15.3. The molecule has 0 aliphatic carbocycles. The highest BCUT2D eigenvalue weighted by Gasteiger charge is 2.30. The lowest BCUT2D eigenvalue weighted by Crippen LogP contribution is -2.16. The summed E-state index contributed by atoms with van der Waals surface area (Å²) in [5.74, 6) is -1.05. The SMILES string of the molecule is F/C(=C\c1ccncc1Cl)c1ccc(OC(F)(F)F)cc1. The van der Waals surface area contributed by atoms with Crippen LogP contribution in [0, 0.1) is 0 Å². The molecule has 1 heterocycles. The van der Waals surface area contributed by atoms with Gasteiger partial charge in [-0.3, -0.25) is 4.98 Å². The Morgan fingerprint density at radius 3 is 2.38 bits per heavy atom. The predicted octanol–water partition coefficient (Wildman–Crippen LogP) is 5.10. The summed E-state index contributed by atoms with van der Waals surface area (Å²) in [6, 6.07) is 5.95. The minimum Gasteiger partial charge on any atom is -0.406 e. The van der Waals surface area contributed by atoms with E-state index < -0.39 is 17.9 Å². The summed E-state index contributed by atoms with van der Waals surface area (Å²) in [5.41, 5.74) is 0.525. The van der Waals surface area contributed by atoms with Crippen LogP contribution in [-0.2, 0) is 0 Å². The molecule has 0 spiro atoms. The van der Waals surface area contributed by atoms with E-state index in [1.807, 2.05) is 0 Å². The Hall–Kier alpha value is -2.08. The van der Waals surface area contributed by atoms with Gasteiger partial charge >= 0.3 is 6.36 Å². The highest BCUT2D eigenvalue weighted by atomic mass is 35.5. The molecule has 0 N–H and O–H groups in total. The number of benzene rings is 1. The molecule has 0 aliphatic heterocycles. The van der Waals surface area contributed by atoms with Crippen molar-refractivity contribution in [3.8, 4) is 5.75 Å². The minimum absolute atomic E-state index is 0.109. The monoisotopic (exact) mass is 317 g/mol. The summed E-state index contributed by atoms with van der Waals surface area (Å²) in [7, 11) is 0. The molecule has 1 aromatic carbocycles. The van der Waals surface area contributed by atoms with Crippen molar-refractivity contribution >= 4 is 23.5 Å². The smallest absolute Gasteiger partial charge is 0.406 e. The van der Waals surface area contributed by atoms with Crippen molar-refractivity contribution in [1.82, 2.24) is 4.98 Å². The number of nitrogens with zero attached hydrogens (tertiary/aromatic N) is 1. The molecule has 0 unspecified atom stereocenters. The van der Waals surface area contributed by atoms with E-state index in [0.717, 1.165) is 12.1 Å². The fraction of sp³-hybridized carbons (Fsp3) is 0.0714. The van der Waals surface area contributed by atoms with Gasteiger partial charge in [0.1, 0.15) is 11.6 Å². The number of alkyl halides is 3. The molecule has 0 atom stereocenters. The zero-order valence-corrected chi connectivity index (χ0v) is 11.1. The van der Waals surface area contributed by atoms with Crippen molar-refractivity contribution in [3.05, 3.63) is 58.9 Å². The number of hydrogen-bond acceptors (Lipinski definition) is 2. The molecule has 0 saturated heterocycles. The lowest BCUT2D eigenvalue weighted by molar-refractivity contribution is -0.274. The van der Waals surface area contributed by atoms with Gasteiger partial charge in [0.25, 0.3) is 0 Å².